The molecule has 1 aliphatic rings. The minimum absolute atomic E-state index is 0.688. The first-order valence-corrected chi connectivity index (χ1v) is 8.16. The van der Waals surface area contributed by atoms with Gasteiger partial charge in [0, 0.05) is 0 Å². The van der Waals surface area contributed by atoms with Crippen LogP contribution in [0, 0.1) is 5.92 Å². The summed E-state index contributed by atoms with van der Waals surface area (Å²) < 4.78 is 5.57. The summed E-state index contributed by atoms with van der Waals surface area (Å²) in [5.74, 6) is 2.56. The van der Waals surface area contributed by atoms with Gasteiger partial charge in [0.1, 0.15) is 5.75 Å². The first-order chi connectivity index (χ1) is 9.78. The van der Waals surface area contributed by atoms with E-state index in [-0.39, 0.29) is 0 Å². The highest BCUT2D eigenvalue weighted by molar-refractivity contribution is 5.39. The molecule has 2 nitrogen and oxygen atoms in total. The molecular weight excluding hydrogens is 246 g/mol. The summed E-state index contributed by atoms with van der Waals surface area (Å²) in [4.78, 5) is 0. The van der Waals surface area contributed by atoms with Crippen molar-refractivity contribution in [1.82, 2.24) is 5.32 Å². The van der Waals surface area contributed by atoms with Crippen LogP contribution in [0.25, 0.3) is 0 Å². The lowest BCUT2D eigenvalue weighted by atomic mass is 9.87. The molecule has 0 saturated carbocycles. The Morgan fingerprint density at radius 1 is 1.20 bits per heavy atom. The van der Waals surface area contributed by atoms with Crippen LogP contribution in [0.4, 0.5) is 0 Å². The SMILES string of the molecule is CCC(CC)c1ccc(OC)c(CC2CCNCC2)c1. The lowest BCUT2D eigenvalue weighted by Gasteiger charge is -2.24. The quantitative estimate of drug-likeness (QED) is 0.842. The second-order valence-electron chi connectivity index (χ2n) is 5.98. The molecule has 0 amide bonds. The molecule has 0 spiro atoms. The van der Waals surface area contributed by atoms with Crippen LogP contribution in [0.2, 0.25) is 0 Å². The van der Waals surface area contributed by atoms with Crippen LogP contribution in [0.1, 0.15) is 56.6 Å². The van der Waals surface area contributed by atoms with E-state index in [2.05, 4.69) is 37.4 Å². The molecule has 0 unspecified atom stereocenters. The Bertz CT molecular complexity index is 406. The fraction of sp³-hybridized carbons (Fsp3) is 0.667. The third-order valence-corrected chi connectivity index (χ3v) is 4.73. The number of rotatable bonds is 6. The Balaban J connectivity index is 2.17. The molecule has 20 heavy (non-hydrogen) atoms. The molecule has 1 N–H and O–H groups in total. The molecule has 1 aromatic carbocycles. The number of methoxy groups -OCH3 is 1. The van der Waals surface area contributed by atoms with Gasteiger partial charge in [-0.05, 0) is 74.2 Å². The molecule has 1 aromatic rings. The largest absolute Gasteiger partial charge is 0.496 e. The second-order valence-corrected chi connectivity index (χ2v) is 5.98. The Hall–Kier alpha value is -1.02. The predicted molar refractivity (Wildman–Crippen MR) is 85.6 cm³/mol. The van der Waals surface area contributed by atoms with Crippen LogP contribution >= 0.6 is 0 Å². The molecule has 1 heterocycles. The summed E-state index contributed by atoms with van der Waals surface area (Å²) in [5.41, 5.74) is 2.89. The first-order valence-electron chi connectivity index (χ1n) is 8.16. The minimum atomic E-state index is 0.688. The lowest BCUT2D eigenvalue weighted by molar-refractivity contribution is 0.361. The van der Waals surface area contributed by atoms with Crippen molar-refractivity contribution in [2.45, 2.75) is 51.9 Å². The van der Waals surface area contributed by atoms with Crippen molar-refractivity contribution in [2.75, 3.05) is 20.2 Å². The summed E-state index contributed by atoms with van der Waals surface area (Å²) in [6.07, 6.45) is 6.18. The highest BCUT2D eigenvalue weighted by Crippen LogP contribution is 2.31. The molecule has 1 fully saturated rings. The third-order valence-electron chi connectivity index (χ3n) is 4.73. The number of piperidine rings is 1. The van der Waals surface area contributed by atoms with Gasteiger partial charge in [-0.3, -0.25) is 0 Å². The number of ether oxygens (including phenoxy) is 1. The van der Waals surface area contributed by atoms with E-state index in [1.165, 1.54) is 56.3 Å². The highest BCUT2D eigenvalue weighted by atomic mass is 16.5. The molecule has 112 valence electrons. The van der Waals surface area contributed by atoms with Gasteiger partial charge in [-0.1, -0.05) is 26.0 Å². The van der Waals surface area contributed by atoms with Gasteiger partial charge in [0.2, 0.25) is 0 Å². The molecule has 0 aromatic heterocycles. The molecule has 0 radical (unpaired) electrons. The van der Waals surface area contributed by atoms with E-state index in [1.807, 2.05) is 0 Å². The normalized spacial score (nSPS) is 16.6. The van der Waals surface area contributed by atoms with Crippen molar-refractivity contribution >= 4 is 0 Å². The van der Waals surface area contributed by atoms with Gasteiger partial charge in [-0.15, -0.1) is 0 Å². The topological polar surface area (TPSA) is 21.3 Å². The Morgan fingerprint density at radius 2 is 1.90 bits per heavy atom. The van der Waals surface area contributed by atoms with E-state index in [1.54, 1.807) is 7.11 Å². The van der Waals surface area contributed by atoms with E-state index >= 15 is 0 Å². The molecule has 1 aliphatic heterocycles. The zero-order valence-electron chi connectivity index (χ0n) is 13.2. The molecule has 0 atom stereocenters. The summed E-state index contributed by atoms with van der Waals surface area (Å²) in [6, 6.07) is 6.82. The monoisotopic (exact) mass is 275 g/mol. The zero-order valence-corrected chi connectivity index (χ0v) is 13.2. The maximum absolute atomic E-state index is 5.57. The maximum atomic E-state index is 5.57. The number of hydrogen-bond acceptors (Lipinski definition) is 2. The average molecular weight is 275 g/mol. The third kappa shape index (κ3) is 3.76. The van der Waals surface area contributed by atoms with Crippen LogP contribution in [0.5, 0.6) is 5.75 Å². The zero-order chi connectivity index (χ0) is 14.4. The van der Waals surface area contributed by atoms with Crippen molar-refractivity contribution < 1.29 is 4.74 Å². The molecule has 0 bridgehead atoms. The van der Waals surface area contributed by atoms with Gasteiger partial charge in [0.25, 0.3) is 0 Å². The number of nitrogens with one attached hydrogen (secondary N) is 1. The van der Waals surface area contributed by atoms with Crippen LogP contribution in [-0.2, 0) is 6.42 Å². The van der Waals surface area contributed by atoms with E-state index in [0.29, 0.717) is 5.92 Å². The van der Waals surface area contributed by atoms with Crippen molar-refractivity contribution in [3.05, 3.63) is 29.3 Å². The van der Waals surface area contributed by atoms with Gasteiger partial charge in [0.15, 0.2) is 0 Å². The predicted octanol–water partition coefficient (Wildman–Crippen LogP) is 4.14. The van der Waals surface area contributed by atoms with Crippen LogP contribution < -0.4 is 10.1 Å². The van der Waals surface area contributed by atoms with Gasteiger partial charge >= 0.3 is 0 Å². The standard InChI is InChI=1S/C18H29NO/c1-4-15(5-2)16-6-7-18(20-3)17(13-16)12-14-8-10-19-11-9-14/h6-7,13-15,19H,4-5,8-12H2,1-3H3. The van der Waals surface area contributed by atoms with E-state index in [0.717, 1.165) is 11.7 Å². The van der Waals surface area contributed by atoms with Crippen LogP contribution in [-0.4, -0.2) is 20.2 Å². The number of hydrogen-bond donors (Lipinski definition) is 1. The van der Waals surface area contributed by atoms with Crippen molar-refractivity contribution in [1.29, 1.82) is 0 Å². The maximum Gasteiger partial charge on any atom is 0.122 e. The summed E-state index contributed by atoms with van der Waals surface area (Å²) in [7, 11) is 1.79. The smallest absolute Gasteiger partial charge is 0.122 e. The minimum Gasteiger partial charge on any atom is -0.496 e. The van der Waals surface area contributed by atoms with Crippen molar-refractivity contribution in [3.8, 4) is 5.75 Å². The van der Waals surface area contributed by atoms with Crippen LogP contribution in [0.15, 0.2) is 18.2 Å². The van der Waals surface area contributed by atoms with E-state index < -0.39 is 0 Å². The number of benzene rings is 1. The summed E-state index contributed by atoms with van der Waals surface area (Å²) in [5, 5.41) is 3.45. The second kappa shape index (κ2) is 7.68. The Labute approximate surface area is 123 Å². The Kier molecular flexibility index (Phi) is 5.90. The molecule has 2 heteroatoms. The van der Waals surface area contributed by atoms with Gasteiger partial charge < -0.3 is 10.1 Å². The fourth-order valence-corrected chi connectivity index (χ4v) is 3.37. The first kappa shape index (κ1) is 15.4. The van der Waals surface area contributed by atoms with Gasteiger partial charge in [-0.2, -0.15) is 0 Å². The molecular formula is C18H29NO. The summed E-state index contributed by atoms with van der Waals surface area (Å²) in [6.45, 7) is 6.90. The van der Waals surface area contributed by atoms with Crippen molar-refractivity contribution in [2.24, 2.45) is 5.92 Å². The molecule has 0 aliphatic carbocycles. The van der Waals surface area contributed by atoms with Gasteiger partial charge in [-0.25, -0.2) is 0 Å². The van der Waals surface area contributed by atoms with Crippen LogP contribution in [0.3, 0.4) is 0 Å². The molecule has 1 saturated heterocycles. The highest BCUT2D eigenvalue weighted by Gasteiger charge is 2.17. The van der Waals surface area contributed by atoms with E-state index in [4.69, 9.17) is 4.74 Å². The van der Waals surface area contributed by atoms with Gasteiger partial charge in [0.05, 0.1) is 7.11 Å². The lowest BCUT2D eigenvalue weighted by Crippen LogP contribution is -2.28. The van der Waals surface area contributed by atoms with E-state index in [9.17, 15) is 0 Å². The van der Waals surface area contributed by atoms with Crippen molar-refractivity contribution in [3.63, 3.8) is 0 Å². The molecule has 2 rings (SSSR count). The Morgan fingerprint density at radius 3 is 2.50 bits per heavy atom. The average Bonchev–Trinajstić information content (AvgIpc) is 2.50. The fourth-order valence-electron chi connectivity index (χ4n) is 3.37. The summed E-state index contributed by atoms with van der Waals surface area (Å²) >= 11 is 0.